The number of ether oxygens (including phenoxy) is 1. The van der Waals surface area contributed by atoms with Gasteiger partial charge < -0.3 is 10.5 Å². The largest absolute Gasteiger partial charge is 0.379 e. The van der Waals surface area contributed by atoms with Gasteiger partial charge in [-0.3, -0.25) is 0 Å². The van der Waals surface area contributed by atoms with E-state index in [2.05, 4.69) is 10.1 Å². The summed E-state index contributed by atoms with van der Waals surface area (Å²) in [4.78, 5) is 4.07. The molecule has 0 atom stereocenters. The lowest BCUT2D eigenvalue weighted by Gasteiger charge is -2.01. The van der Waals surface area contributed by atoms with Crippen LogP contribution in [0.15, 0.2) is 11.5 Å². The number of aryl methyl sites for hydroxylation is 1. The van der Waals surface area contributed by atoms with Crippen molar-refractivity contribution < 1.29 is 4.74 Å². The molecule has 0 saturated carbocycles. The molecule has 0 unspecified atom stereocenters. The quantitative estimate of drug-likeness (QED) is 0.514. The molecule has 5 nitrogen and oxygen atoms in total. The second-order valence-electron chi connectivity index (χ2n) is 2.42. The van der Waals surface area contributed by atoms with Gasteiger partial charge in [0, 0.05) is 19.3 Å². The topological polar surface area (TPSA) is 66.0 Å². The molecular weight excluding hydrogens is 188 g/mol. The third-order valence-electron chi connectivity index (χ3n) is 1.39. The minimum Gasteiger partial charge on any atom is -0.379 e. The highest BCUT2D eigenvalue weighted by Gasteiger charge is 1.99. The number of nitrogens with zero attached hydrogens (tertiary/aromatic N) is 3. The van der Waals surface area contributed by atoms with Crippen LogP contribution in [-0.2, 0) is 11.8 Å². The first-order valence-electron chi connectivity index (χ1n) is 4.09. The van der Waals surface area contributed by atoms with Crippen LogP contribution in [0.4, 0.5) is 0 Å². The van der Waals surface area contributed by atoms with E-state index >= 15 is 0 Å². The van der Waals surface area contributed by atoms with Gasteiger partial charge in [0.15, 0.2) is 5.16 Å². The first kappa shape index (κ1) is 10.5. The van der Waals surface area contributed by atoms with Crippen molar-refractivity contribution in [2.75, 3.05) is 25.5 Å². The van der Waals surface area contributed by atoms with E-state index in [0.717, 1.165) is 10.9 Å². The van der Waals surface area contributed by atoms with E-state index in [1.54, 1.807) is 22.8 Å². The molecule has 1 aromatic rings. The Morgan fingerprint density at radius 2 is 2.46 bits per heavy atom. The molecule has 1 aromatic heterocycles. The highest BCUT2D eigenvalue weighted by molar-refractivity contribution is 7.99. The molecule has 0 saturated heterocycles. The number of aromatic nitrogens is 3. The fourth-order valence-corrected chi connectivity index (χ4v) is 1.53. The van der Waals surface area contributed by atoms with Crippen molar-refractivity contribution in [3.8, 4) is 0 Å². The number of hydrogen-bond acceptors (Lipinski definition) is 5. The number of thioether (sulfide) groups is 1. The van der Waals surface area contributed by atoms with Crippen molar-refractivity contribution in [2.24, 2.45) is 12.8 Å². The van der Waals surface area contributed by atoms with Gasteiger partial charge in [0.1, 0.15) is 6.33 Å². The van der Waals surface area contributed by atoms with Gasteiger partial charge in [-0.2, -0.15) is 5.10 Å². The third-order valence-corrected chi connectivity index (χ3v) is 2.39. The SMILES string of the molecule is Cn1ncnc1SCCOCCN. The van der Waals surface area contributed by atoms with Crippen molar-refractivity contribution in [1.82, 2.24) is 14.8 Å². The summed E-state index contributed by atoms with van der Waals surface area (Å²) in [6, 6.07) is 0. The molecule has 0 fully saturated rings. The first-order chi connectivity index (χ1) is 6.34. The highest BCUT2D eigenvalue weighted by atomic mass is 32.2. The number of hydrogen-bond donors (Lipinski definition) is 1. The number of rotatable bonds is 6. The third kappa shape index (κ3) is 3.75. The minimum atomic E-state index is 0.578. The van der Waals surface area contributed by atoms with Crippen molar-refractivity contribution in [1.29, 1.82) is 0 Å². The van der Waals surface area contributed by atoms with E-state index in [1.807, 2.05) is 7.05 Å². The minimum absolute atomic E-state index is 0.578. The molecule has 0 radical (unpaired) electrons. The van der Waals surface area contributed by atoms with Crippen LogP contribution in [0.5, 0.6) is 0 Å². The lowest BCUT2D eigenvalue weighted by atomic mass is 10.7. The van der Waals surface area contributed by atoms with Gasteiger partial charge in [-0.25, -0.2) is 9.67 Å². The van der Waals surface area contributed by atoms with Crippen LogP contribution >= 0.6 is 11.8 Å². The van der Waals surface area contributed by atoms with E-state index < -0.39 is 0 Å². The zero-order chi connectivity index (χ0) is 9.52. The molecule has 1 heterocycles. The summed E-state index contributed by atoms with van der Waals surface area (Å²) in [5.74, 6) is 0.881. The molecule has 0 aliphatic heterocycles. The fraction of sp³-hybridized carbons (Fsp3) is 0.714. The van der Waals surface area contributed by atoms with Crippen LogP contribution in [-0.4, -0.2) is 40.3 Å². The molecule has 0 bridgehead atoms. The summed E-state index contributed by atoms with van der Waals surface area (Å²) < 4.78 is 6.96. The maximum absolute atomic E-state index is 5.27. The lowest BCUT2D eigenvalue weighted by molar-refractivity contribution is 0.158. The average Bonchev–Trinajstić information content (AvgIpc) is 2.52. The van der Waals surface area contributed by atoms with Gasteiger partial charge in [0.25, 0.3) is 0 Å². The summed E-state index contributed by atoms with van der Waals surface area (Å²) in [5.41, 5.74) is 5.27. The molecular formula is C7H14N4OS. The maximum atomic E-state index is 5.27. The van der Waals surface area contributed by atoms with Crippen molar-refractivity contribution in [3.05, 3.63) is 6.33 Å². The molecule has 13 heavy (non-hydrogen) atoms. The molecule has 2 N–H and O–H groups in total. The van der Waals surface area contributed by atoms with Crippen LogP contribution in [0, 0.1) is 0 Å². The summed E-state index contributed by atoms with van der Waals surface area (Å²) in [6.07, 6.45) is 1.54. The monoisotopic (exact) mass is 202 g/mol. The Morgan fingerprint density at radius 3 is 3.08 bits per heavy atom. The molecule has 0 amide bonds. The van der Waals surface area contributed by atoms with E-state index in [1.165, 1.54) is 0 Å². The Kier molecular flexibility index (Phi) is 4.81. The van der Waals surface area contributed by atoms with Crippen molar-refractivity contribution in [3.63, 3.8) is 0 Å². The Labute approximate surface area is 81.7 Å². The van der Waals surface area contributed by atoms with Gasteiger partial charge in [-0.05, 0) is 0 Å². The second-order valence-corrected chi connectivity index (χ2v) is 3.48. The molecule has 0 aromatic carbocycles. The molecule has 74 valence electrons. The first-order valence-corrected chi connectivity index (χ1v) is 5.07. The summed E-state index contributed by atoms with van der Waals surface area (Å²) in [7, 11) is 1.87. The van der Waals surface area contributed by atoms with Crippen LogP contribution < -0.4 is 5.73 Å². The van der Waals surface area contributed by atoms with Crippen LogP contribution in [0.1, 0.15) is 0 Å². The van der Waals surface area contributed by atoms with Crippen molar-refractivity contribution >= 4 is 11.8 Å². The zero-order valence-electron chi connectivity index (χ0n) is 7.64. The average molecular weight is 202 g/mol. The van der Waals surface area contributed by atoms with E-state index in [-0.39, 0.29) is 0 Å². The lowest BCUT2D eigenvalue weighted by Crippen LogP contribution is -2.10. The standard InChI is InChI=1S/C7H14N4OS/c1-11-7(9-6-10-11)13-5-4-12-3-2-8/h6H,2-5,8H2,1H3. The summed E-state index contributed by atoms with van der Waals surface area (Å²) >= 11 is 1.63. The Hall–Kier alpha value is -0.590. The molecule has 0 aliphatic carbocycles. The summed E-state index contributed by atoms with van der Waals surface area (Å²) in [5, 5.41) is 4.87. The zero-order valence-corrected chi connectivity index (χ0v) is 8.46. The molecule has 6 heteroatoms. The van der Waals surface area contributed by atoms with Gasteiger partial charge in [-0.15, -0.1) is 0 Å². The summed E-state index contributed by atoms with van der Waals surface area (Å²) in [6.45, 7) is 1.91. The predicted molar refractivity (Wildman–Crippen MR) is 51.6 cm³/mol. The molecule has 1 rings (SSSR count). The fourth-order valence-electron chi connectivity index (χ4n) is 0.794. The molecule has 0 spiro atoms. The highest BCUT2D eigenvalue weighted by Crippen LogP contribution is 2.11. The smallest absolute Gasteiger partial charge is 0.185 e. The van der Waals surface area contributed by atoms with Crippen molar-refractivity contribution in [2.45, 2.75) is 5.16 Å². The normalized spacial score (nSPS) is 10.6. The predicted octanol–water partition coefficient (Wildman–Crippen LogP) is -0.117. The van der Waals surface area contributed by atoms with Gasteiger partial charge in [0.05, 0.1) is 13.2 Å². The Bertz CT molecular complexity index is 240. The number of nitrogens with two attached hydrogens (primary N) is 1. The maximum Gasteiger partial charge on any atom is 0.185 e. The van der Waals surface area contributed by atoms with E-state index in [0.29, 0.717) is 19.8 Å². The van der Waals surface area contributed by atoms with Crippen LogP contribution in [0.25, 0.3) is 0 Å². The van der Waals surface area contributed by atoms with Gasteiger partial charge in [-0.1, -0.05) is 11.8 Å². The second kappa shape index (κ2) is 5.95. The van der Waals surface area contributed by atoms with Gasteiger partial charge >= 0.3 is 0 Å². The Morgan fingerprint density at radius 1 is 1.62 bits per heavy atom. The molecule has 0 aliphatic rings. The van der Waals surface area contributed by atoms with Crippen LogP contribution in [0.3, 0.4) is 0 Å². The van der Waals surface area contributed by atoms with Gasteiger partial charge in [0.2, 0.25) is 0 Å². The van der Waals surface area contributed by atoms with E-state index in [9.17, 15) is 0 Å². The van der Waals surface area contributed by atoms with E-state index in [4.69, 9.17) is 10.5 Å². The Balaban J connectivity index is 2.10. The van der Waals surface area contributed by atoms with Crippen LogP contribution in [0.2, 0.25) is 0 Å².